The Hall–Kier alpha value is 0.980. The summed E-state index contributed by atoms with van der Waals surface area (Å²) < 4.78 is 1.37. The van der Waals surface area contributed by atoms with Crippen LogP contribution in [0.25, 0.3) is 0 Å². The molecule has 0 N–H and O–H groups in total. The first-order valence-corrected chi connectivity index (χ1v) is 11.6. The fourth-order valence-electron chi connectivity index (χ4n) is 2.97. The van der Waals surface area contributed by atoms with Crippen LogP contribution in [0.5, 0.6) is 0 Å². The van der Waals surface area contributed by atoms with Crippen LogP contribution in [0.15, 0.2) is 22.7 Å². The smallest absolute Gasteiger partial charge is 0.134 e. The molecule has 0 atom stereocenters. The summed E-state index contributed by atoms with van der Waals surface area (Å²) in [5, 5.41) is 0. The second-order valence-corrected chi connectivity index (χ2v) is 11.2. The topological polar surface area (TPSA) is 0 Å². The molecule has 2 fully saturated rings. The highest BCUT2D eigenvalue weighted by molar-refractivity contribution is 9.10. The third-order valence-electron chi connectivity index (χ3n) is 4.08. The van der Waals surface area contributed by atoms with Crippen molar-refractivity contribution >= 4 is 37.7 Å². The van der Waals surface area contributed by atoms with Crippen LogP contribution in [-0.2, 0) is 33.3 Å². The molecule has 0 radical (unpaired) electrons. The van der Waals surface area contributed by atoms with Gasteiger partial charge < -0.3 is 24.8 Å². The van der Waals surface area contributed by atoms with E-state index < -0.39 is 0 Å². The average Bonchev–Trinajstić information content (AvgIpc) is 3.05. The highest BCUT2D eigenvalue weighted by Crippen LogP contribution is 2.27. The predicted octanol–water partition coefficient (Wildman–Crippen LogP) is -1.72. The second-order valence-electron chi connectivity index (χ2n) is 5.67. The van der Waals surface area contributed by atoms with E-state index in [9.17, 15) is 0 Å². The summed E-state index contributed by atoms with van der Waals surface area (Å²) in [4.78, 5) is 0. The largest absolute Gasteiger partial charge is 1.00 e. The minimum atomic E-state index is 0. The zero-order chi connectivity index (χ0) is 13.1. The Labute approximate surface area is 155 Å². The summed E-state index contributed by atoms with van der Waals surface area (Å²) >= 11 is 3.81. The summed E-state index contributed by atoms with van der Waals surface area (Å²) in [7, 11) is 1.36. The molecule has 2 aliphatic heterocycles. The SMILES string of the molecule is Brc1cc(C[S+]2CCCC2)ccc1C[S+]1CCCC1.[Cl-].[Cl-]. The van der Waals surface area contributed by atoms with E-state index in [-0.39, 0.29) is 24.8 Å². The average molecular weight is 430 g/mol. The number of benzene rings is 1. The van der Waals surface area contributed by atoms with Crippen LogP contribution in [0.4, 0.5) is 0 Å². The van der Waals surface area contributed by atoms with Crippen molar-refractivity contribution in [3.63, 3.8) is 0 Å². The zero-order valence-electron chi connectivity index (χ0n) is 12.3. The molecule has 0 spiro atoms. The number of rotatable bonds is 4. The molecule has 1 aromatic carbocycles. The van der Waals surface area contributed by atoms with Gasteiger partial charge in [0.15, 0.2) is 0 Å². The van der Waals surface area contributed by atoms with Gasteiger partial charge in [0.25, 0.3) is 0 Å². The lowest BCUT2D eigenvalue weighted by Gasteiger charge is -2.07. The maximum absolute atomic E-state index is 3.81. The first kappa shape index (κ1) is 20.0. The van der Waals surface area contributed by atoms with Crippen molar-refractivity contribution in [1.29, 1.82) is 0 Å². The van der Waals surface area contributed by atoms with E-state index in [0.717, 1.165) is 0 Å². The van der Waals surface area contributed by atoms with E-state index in [0.29, 0.717) is 21.8 Å². The van der Waals surface area contributed by atoms with Crippen molar-refractivity contribution < 1.29 is 24.8 Å². The van der Waals surface area contributed by atoms with E-state index >= 15 is 0 Å². The summed E-state index contributed by atoms with van der Waals surface area (Å²) in [5.41, 5.74) is 3.10. The van der Waals surface area contributed by atoms with Crippen molar-refractivity contribution in [2.45, 2.75) is 37.2 Å². The van der Waals surface area contributed by atoms with Gasteiger partial charge in [0.1, 0.15) is 34.5 Å². The number of halogens is 3. The van der Waals surface area contributed by atoms with Crippen LogP contribution < -0.4 is 24.8 Å². The van der Waals surface area contributed by atoms with Gasteiger partial charge in [0.05, 0.1) is 0 Å². The van der Waals surface area contributed by atoms with Gasteiger partial charge in [0.2, 0.25) is 0 Å². The van der Waals surface area contributed by atoms with Gasteiger partial charge in [-0.2, -0.15) is 0 Å². The van der Waals surface area contributed by atoms with Crippen LogP contribution in [0.3, 0.4) is 0 Å². The van der Waals surface area contributed by atoms with Crippen molar-refractivity contribution in [2.24, 2.45) is 0 Å². The third-order valence-corrected chi connectivity index (χ3v) is 9.74. The minimum Gasteiger partial charge on any atom is -1.00 e. The molecule has 5 heteroatoms. The summed E-state index contributed by atoms with van der Waals surface area (Å²) in [6.45, 7) is 0. The first-order valence-electron chi connectivity index (χ1n) is 7.37. The molecule has 0 amide bonds. The summed E-state index contributed by atoms with van der Waals surface area (Å²) in [6.07, 6.45) is 5.85. The van der Waals surface area contributed by atoms with E-state index in [1.54, 1.807) is 11.1 Å². The molecule has 120 valence electrons. The molecular weight excluding hydrogens is 407 g/mol. The molecule has 0 saturated carbocycles. The molecule has 0 aromatic heterocycles. The van der Waals surface area contributed by atoms with E-state index in [4.69, 9.17) is 0 Å². The molecule has 0 aliphatic carbocycles. The van der Waals surface area contributed by atoms with Crippen LogP contribution in [0, 0.1) is 0 Å². The molecule has 0 bridgehead atoms. The van der Waals surface area contributed by atoms with Crippen molar-refractivity contribution in [3.8, 4) is 0 Å². The Bertz CT molecular complexity index is 430. The Kier molecular flexibility index (Phi) is 9.51. The fourth-order valence-corrected chi connectivity index (χ4v) is 8.50. The predicted molar refractivity (Wildman–Crippen MR) is 94.2 cm³/mol. The molecule has 21 heavy (non-hydrogen) atoms. The summed E-state index contributed by atoms with van der Waals surface area (Å²) in [6, 6.07) is 7.19. The molecule has 2 heterocycles. The van der Waals surface area contributed by atoms with Gasteiger partial charge in [-0.3, -0.25) is 0 Å². The number of hydrogen-bond donors (Lipinski definition) is 0. The van der Waals surface area contributed by atoms with E-state index in [1.807, 2.05) is 0 Å². The molecule has 1 aromatic rings. The van der Waals surface area contributed by atoms with Crippen molar-refractivity contribution in [3.05, 3.63) is 33.8 Å². The van der Waals surface area contributed by atoms with Crippen LogP contribution >= 0.6 is 15.9 Å². The first-order chi connectivity index (χ1) is 9.31. The van der Waals surface area contributed by atoms with Crippen molar-refractivity contribution in [2.75, 3.05) is 23.0 Å². The summed E-state index contributed by atoms with van der Waals surface area (Å²) in [5.74, 6) is 8.53. The second kappa shape index (κ2) is 9.97. The lowest BCUT2D eigenvalue weighted by atomic mass is 10.2. The lowest BCUT2D eigenvalue weighted by Crippen LogP contribution is -3.00. The fraction of sp³-hybridized carbons (Fsp3) is 0.625. The van der Waals surface area contributed by atoms with E-state index in [2.05, 4.69) is 34.1 Å². The van der Waals surface area contributed by atoms with Crippen LogP contribution in [0.1, 0.15) is 36.8 Å². The molecule has 2 aliphatic rings. The molecule has 3 rings (SSSR count). The molecule has 0 nitrogen and oxygen atoms in total. The van der Waals surface area contributed by atoms with Gasteiger partial charge in [-0.25, -0.2) is 0 Å². The standard InChI is InChI=1S/C16H23BrS2.2ClH/c17-16-11-14(12-18-7-1-2-8-18)5-6-15(16)13-19-9-3-4-10-19;;/h5-6,11H,1-4,7-10,12-13H2;2*1H/q+2;;/p-2. The third kappa shape index (κ3) is 5.84. The Morgan fingerprint density at radius 3 is 1.86 bits per heavy atom. The highest BCUT2D eigenvalue weighted by Gasteiger charge is 2.26. The Morgan fingerprint density at radius 2 is 1.33 bits per heavy atom. The molecular formula is C16H23BrCl2S2. The minimum absolute atomic E-state index is 0. The van der Waals surface area contributed by atoms with Gasteiger partial charge in [-0.1, -0.05) is 28.1 Å². The van der Waals surface area contributed by atoms with Crippen molar-refractivity contribution in [1.82, 2.24) is 0 Å². The van der Waals surface area contributed by atoms with Gasteiger partial charge in [0, 0.05) is 15.6 Å². The van der Waals surface area contributed by atoms with Crippen LogP contribution in [-0.4, -0.2) is 23.0 Å². The Morgan fingerprint density at radius 1 is 0.810 bits per heavy atom. The zero-order valence-corrected chi connectivity index (χ0v) is 17.0. The molecule has 0 unspecified atom stereocenters. The maximum Gasteiger partial charge on any atom is 0.134 e. The lowest BCUT2D eigenvalue weighted by molar-refractivity contribution is -0.00100. The normalized spacial score (nSPS) is 19.3. The van der Waals surface area contributed by atoms with Gasteiger partial charge >= 0.3 is 0 Å². The van der Waals surface area contributed by atoms with Crippen LogP contribution in [0.2, 0.25) is 0 Å². The quantitative estimate of drug-likeness (QED) is 0.499. The van der Waals surface area contributed by atoms with E-state index in [1.165, 1.54) is 64.7 Å². The maximum atomic E-state index is 3.81. The Balaban J connectivity index is 0.00000110. The monoisotopic (exact) mass is 428 g/mol. The van der Waals surface area contributed by atoms with Gasteiger partial charge in [-0.05, 0) is 53.5 Å². The molecule has 2 saturated heterocycles. The van der Waals surface area contributed by atoms with Gasteiger partial charge in [-0.15, -0.1) is 0 Å². The highest BCUT2D eigenvalue weighted by atomic mass is 79.9. The number of hydrogen-bond acceptors (Lipinski definition) is 0.